The van der Waals surface area contributed by atoms with E-state index in [0.717, 1.165) is 19.3 Å². The van der Waals surface area contributed by atoms with Crippen LogP contribution in [0.4, 0.5) is 10.5 Å². The highest BCUT2D eigenvalue weighted by molar-refractivity contribution is 5.95. The lowest BCUT2D eigenvalue weighted by atomic mass is 9.96. The van der Waals surface area contributed by atoms with Gasteiger partial charge < -0.3 is 29.3 Å². The van der Waals surface area contributed by atoms with E-state index in [4.69, 9.17) is 14.2 Å². The van der Waals surface area contributed by atoms with Gasteiger partial charge in [-0.1, -0.05) is 11.6 Å². The smallest absolute Gasteiger partial charge is 0.410 e. The summed E-state index contributed by atoms with van der Waals surface area (Å²) in [6.07, 6.45) is 5.82. The molecule has 3 amide bonds. The summed E-state index contributed by atoms with van der Waals surface area (Å²) in [5, 5.41) is 2.83. The second-order valence-corrected chi connectivity index (χ2v) is 11.0. The van der Waals surface area contributed by atoms with Crippen molar-refractivity contribution in [2.75, 3.05) is 32.1 Å². The van der Waals surface area contributed by atoms with Crippen molar-refractivity contribution in [2.45, 2.75) is 83.1 Å². The van der Waals surface area contributed by atoms with Crippen LogP contribution in [-0.4, -0.2) is 78.3 Å². The van der Waals surface area contributed by atoms with E-state index in [-0.39, 0.29) is 30.4 Å². The van der Waals surface area contributed by atoms with Crippen LogP contribution in [0.3, 0.4) is 0 Å². The van der Waals surface area contributed by atoms with Gasteiger partial charge in [0.15, 0.2) is 0 Å². The maximum atomic E-state index is 13.6. The third-order valence-corrected chi connectivity index (χ3v) is 6.99. The number of morpholine rings is 1. The molecule has 37 heavy (non-hydrogen) atoms. The van der Waals surface area contributed by atoms with Crippen molar-refractivity contribution >= 4 is 23.6 Å². The molecule has 2 heterocycles. The van der Waals surface area contributed by atoms with Crippen molar-refractivity contribution in [3.63, 3.8) is 0 Å². The molecule has 3 atom stereocenters. The second-order valence-electron chi connectivity index (χ2n) is 11.0. The Kier molecular flexibility index (Phi) is 8.42. The number of anilines is 1. The Morgan fingerprint density at radius 2 is 1.89 bits per heavy atom. The summed E-state index contributed by atoms with van der Waals surface area (Å²) in [5.41, 5.74) is 1.37. The van der Waals surface area contributed by atoms with Gasteiger partial charge in [0.05, 0.1) is 32.2 Å². The summed E-state index contributed by atoms with van der Waals surface area (Å²) in [6, 6.07) is 6.75. The standard InChI is InChI=1S/C28H39N3O6/c1-28(2,3)37-27(34)30-17-22-24(18-30)36-23(16-25(32)29-20-10-12-21(35-4)13-11-20)26(33)31(22)15-14-19-8-6-5-7-9-19/h8,10-13,22-24H,5-7,9,14-18H2,1-4H3,(H,29,32). The summed E-state index contributed by atoms with van der Waals surface area (Å²) in [4.78, 5) is 42.6. The monoisotopic (exact) mass is 513 g/mol. The zero-order chi connectivity index (χ0) is 26.6. The van der Waals surface area contributed by atoms with Gasteiger partial charge in [0.2, 0.25) is 5.91 Å². The number of hydrogen-bond acceptors (Lipinski definition) is 6. The van der Waals surface area contributed by atoms with E-state index in [9.17, 15) is 14.4 Å². The van der Waals surface area contributed by atoms with Gasteiger partial charge in [-0.05, 0) is 77.1 Å². The fourth-order valence-electron chi connectivity index (χ4n) is 5.14. The number of methoxy groups -OCH3 is 1. The lowest BCUT2D eigenvalue weighted by Gasteiger charge is -2.40. The summed E-state index contributed by atoms with van der Waals surface area (Å²) in [6.45, 7) is 6.72. The summed E-state index contributed by atoms with van der Waals surface area (Å²) in [7, 11) is 1.58. The van der Waals surface area contributed by atoms with Crippen LogP contribution in [0, 0.1) is 0 Å². The highest BCUT2D eigenvalue weighted by Crippen LogP contribution is 2.30. The van der Waals surface area contributed by atoms with Gasteiger partial charge >= 0.3 is 6.09 Å². The number of carbonyl (C=O) groups is 3. The number of allylic oxidation sites excluding steroid dienone is 1. The molecule has 9 heteroatoms. The quantitative estimate of drug-likeness (QED) is 0.551. The lowest BCUT2D eigenvalue weighted by molar-refractivity contribution is -0.168. The van der Waals surface area contributed by atoms with Gasteiger partial charge in [0.25, 0.3) is 5.91 Å². The third kappa shape index (κ3) is 7.03. The van der Waals surface area contributed by atoms with Crippen LogP contribution in [0.25, 0.3) is 0 Å². The molecule has 202 valence electrons. The van der Waals surface area contributed by atoms with Crippen LogP contribution in [0.15, 0.2) is 35.9 Å². The summed E-state index contributed by atoms with van der Waals surface area (Å²) < 4.78 is 16.9. The number of rotatable bonds is 7. The molecule has 0 spiro atoms. The van der Waals surface area contributed by atoms with E-state index in [1.54, 1.807) is 36.3 Å². The highest BCUT2D eigenvalue weighted by atomic mass is 16.6. The number of nitrogens with zero attached hydrogens (tertiary/aromatic N) is 2. The van der Waals surface area contributed by atoms with Crippen molar-refractivity contribution in [3.05, 3.63) is 35.9 Å². The van der Waals surface area contributed by atoms with E-state index in [1.165, 1.54) is 18.4 Å². The molecule has 2 fully saturated rings. The molecule has 1 aliphatic carbocycles. The lowest BCUT2D eigenvalue weighted by Crippen LogP contribution is -2.58. The first-order valence-electron chi connectivity index (χ1n) is 13.2. The predicted molar refractivity (Wildman–Crippen MR) is 139 cm³/mol. The molecule has 4 rings (SSSR count). The molecule has 1 aromatic carbocycles. The molecule has 0 bridgehead atoms. The molecular formula is C28H39N3O6. The van der Waals surface area contributed by atoms with Gasteiger partial charge in [-0.3, -0.25) is 9.59 Å². The zero-order valence-corrected chi connectivity index (χ0v) is 22.3. The van der Waals surface area contributed by atoms with E-state index < -0.39 is 17.8 Å². The number of ether oxygens (including phenoxy) is 3. The largest absolute Gasteiger partial charge is 0.497 e. The first-order chi connectivity index (χ1) is 17.6. The predicted octanol–water partition coefficient (Wildman–Crippen LogP) is 4.13. The van der Waals surface area contributed by atoms with E-state index in [1.807, 2.05) is 25.7 Å². The Hall–Kier alpha value is -3.07. The van der Waals surface area contributed by atoms with Crippen molar-refractivity contribution < 1.29 is 28.6 Å². The van der Waals surface area contributed by atoms with Gasteiger partial charge in [-0.2, -0.15) is 0 Å². The molecule has 3 aliphatic rings. The number of nitrogens with one attached hydrogen (secondary N) is 1. The number of likely N-dealkylation sites (tertiary alicyclic amines) is 1. The van der Waals surface area contributed by atoms with Crippen molar-refractivity contribution in [3.8, 4) is 5.75 Å². The molecule has 2 saturated heterocycles. The Labute approximate surface area is 219 Å². The second kappa shape index (κ2) is 11.5. The minimum absolute atomic E-state index is 0.0975. The third-order valence-electron chi connectivity index (χ3n) is 6.99. The average molecular weight is 514 g/mol. The molecule has 0 saturated carbocycles. The molecule has 0 aromatic heterocycles. The molecule has 1 aromatic rings. The molecule has 0 radical (unpaired) electrons. The minimum Gasteiger partial charge on any atom is -0.497 e. The van der Waals surface area contributed by atoms with Gasteiger partial charge in [-0.15, -0.1) is 0 Å². The number of fused-ring (bicyclic) bond motifs is 1. The molecule has 3 unspecified atom stereocenters. The molecule has 2 aliphatic heterocycles. The Morgan fingerprint density at radius 3 is 2.54 bits per heavy atom. The van der Waals surface area contributed by atoms with Crippen LogP contribution in [-0.2, 0) is 19.1 Å². The molecule has 1 N–H and O–H groups in total. The van der Waals surface area contributed by atoms with Crippen molar-refractivity contribution in [1.29, 1.82) is 0 Å². The van der Waals surface area contributed by atoms with Gasteiger partial charge in [-0.25, -0.2) is 4.79 Å². The minimum atomic E-state index is -0.904. The van der Waals surface area contributed by atoms with Crippen LogP contribution in [0.2, 0.25) is 0 Å². The SMILES string of the molecule is COc1ccc(NC(=O)CC2OC3CN(C(=O)OC(C)(C)C)CC3N(CCC3=CCCCC3)C2=O)cc1. The maximum absolute atomic E-state index is 13.6. The number of amides is 3. The Balaban J connectivity index is 1.45. The maximum Gasteiger partial charge on any atom is 0.410 e. The summed E-state index contributed by atoms with van der Waals surface area (Å²) >= 11 is 0. The van der Waals surface area contributed by atoms with Crippen LogP contribution in [0.5, 0.6) is 5.75 Å². The highest BCUT2D eigenvalue weighted by Gasteiger charge is 2.49. The number of benzene rings is 1. The Bertz CT molecular complexity index is 1020. The number of carbonyl (C=O) groups excluding carboxylic acids is 3. The van der Waals surface area contributed by atoms with Crippen LogP contribution in [0.1, 0.15) is 59.3 Å². The molecular weight excluding hydrogens is 474 g/mol. The topological polar surface area (TPSA) is 97.4 Å². The fraction of sp³-hybridized carbons (Fsp3) is 0.607. The van der Waals surface area contributed by atoms with Crippen molar-refractivity contribution in [2.24, 2.45) is 0 Å². The first-order valence-corrected chi connectivity index (χ1v) is 13.2. The average Bonchev–Trinajstić information content (AvgIpc) is 3.28. The van der Waals surface area contributed by atoms with E-state index in [0.29, 0.717) is 31.1 Å². The van der Waals surface area contributed by atoms with Gasteiger partial charge in [0.1, 0.15) is 17.5 Å². The zero-order valence-electron chi connectivity index (χ0n) is 22.3. The van der Waals surface area contributed by atoms with Crippen molar-refractivity contribution in [1.82, 2.24) is 9.80 Å². The van der Waals surface area contributed by atoms with Crippen LogP contribution >= 0.6 is 0 Å². The van der Waals surface area contributed by atoms with Gasteiger partial charge in [0, 0.05) is 18.8 Å². The first kappa shape index (κ1) is 27.0. The van der Waals surface area contributed by atoms with E-state index in [2.05, 4.69) is 11.4 Å². The molecule has 9 nitrogen and oxygen atoms in total. The summed E-state index contributed by atoms with van der Waals surface area (Å²) in [5.74, 6) is 0.182. The van der Waals surface area contributed by atoms with Crippen LogP contribution < -0.4 is 10.1 Å². The van der Waals surface area contributed by atoms with E-state index >= 15 is 0 Å². The fourth-order valence-corrected chi connectivity index (χ4v) is 5.14. The Morgan fingerprint density at radius 1 is 1.14 bits per heavy atom. The number of hydrogen-bond donors (Lipinski definition) is 1. The normalized spacial score (nSPS) is 23.8.